The van der Waals surface area contributed by atoms with Gasteiger partial charge in [-0.1, -0.05) is 24.3 Å². The maximum absolute atomic E-state index is 12.8. The summed E-state index contributed by atoms with van der Waals surface area (Å²) < 4.78 is 5.53. The topological polar surface area (TPSA) is 52.1 Å². The summed E-state index contributed by atoms with van der Waals surface area (Å²) in [4.78, 5) is 22.6. The highest BCUT2D eigenvalue weighted by Gasteiger charge is 2.16. The number of esters is 1. The Hall–Kier alpha value is -3.18. The number of fused-ring (bicyclic) bond motifs is 1. The number of carbonyl (C=O) groups excluding carboxylic acids is 1. The van der Waals surface area contributed by atoms with Gasteiger partial charge in [-0.3, -0.25) is 4.98 Å². The number of ether oxygens (including phenoxy) is 1. The normalized spacial score (nSPS) is 10.7. The quantitative estimate of drug-likeness (QED) is 0.325. The molecule has 0 amide bonds. The van der Waals surface area contributed by atoms with E-state index in [0.717, 1.165) is 10.3 Å². The van der Waals surface area contributed by atoms with Gasteiger partial charge in [-0.15, -0.1) is 12.6 Å². The van der Waals surface area contributed by atoms with E-state index in [0.29, 0.717) is 28.2 Å². The number of benzene rings is 2. The molecule has 0 saturated carbocycles. The Kier molecular flexibility index (Phi) is 4.37. The lowest BCUT2D eigenvalue weighted by Gasteiger charge is -2.09. The van der Waals surface area contributed by atoms with Crippen LogP contribution in [-0.2, 0) is 0 Å². The van der Waals surface area contributed by atoms with Crippen LogP contribution in [0.4, 0.5) is 0 Å². The number of hydrogen-bond acceptors (Lipinski definition) is 5. The molecule has 0 atom stereocenters. The number of rotatable bonds is 3. The van der Waals surface area contributed by atoms with Gasteiger partial charge in [0, 0.05) is 16.5 Å². The molecule has 2 aromatic heterocycles. The number of carbonyl (C=O) groups is 1. The predicted octanol–water partition coefficient (Wildman–Crippen LogP) is 4.80. The van der Waals surface area contributed by atoms with E-state index < -0.39 is 5.97 Å². The van der Waals surface area contributed by atoms with Crippen LogP contribution in [0.25, 0.3) is 22.3 Å². The van der Waals surface area contributed by atoms with Crippen molar-refractivity contribution in [1.82, 2.24) is 9.97 Å². The average Bonchev–Trinajstić information content (AvgIpc) is 2.69. The number of nitrogens with zero attached hydrogens (tertiary/aromatic N) is 2. The molecule has 126 valence electrons. The van der Waals surface area contributed by atoms with Crippen molar-refractivity contribution in [1.29, 1.82) is 0 Å². The summed E-state index contributed by atoms with van der Waals surface area (Å²) in [6.07, 6.45) is 1.70. The van der Waals surface area contributed by atoms with Crippen LogP contribution in [0, 0.1) is 0 Å². The van der Waals surface area contributed by atoms with Gasteiger partial charge >= 0.3 is 5.97 Å². The third-order valence-electron chi connectivity index (χ3n) is 3.91. The van der Waals surface area contributed by atoms with E-state index in [2.05, 4.69) is 22.6 Å². The molecule has 4 rings (SSSR count). The lowest BCUT2D eigenvalue weighted by atomic mass is 10.1. The van der Waals surface area contributed by atoms with Crippen molar-refractivity contribution in [2.24, 2.45) is 0 Å². The first-order chi connectivity index (χ1) is 12.7. The van der Waals surface area contributed by atoms with Crippen molar-refractivity contribution in [3.8, 4) is 17.1 Å². The molecule has 0 unspecified atom stereocenters. The molecule has 2 heterocycles. The van der Waals surface area contributed by atoms with E-state index in [4.69, 9.17) is 4.74 Å². The lowest BCUT2D eigenvalue weighted by Crippen LogP contribution is -2.10. The maximum atomic E-state index is 12.8. The molecular weight excluding hydrogens is 344 g/mol. The Morgan fingerprint density at radius 2 is 1.65 bits per heavy atom. The Morgan fingerprint density at radius 3 is 2.42 bits per heavy atom. The number of thiol groups is 1. The van der Waals surface area contributed by atoms with Crippen molar-refractivity contribution >= 4 is 29.5 Å². The van der Waals surface area contributed by atoms with E-state index in [1.165, 1.54) is 0 Å². The Morgan fingerprint density at radius 1 is 0.885 bits per heavy atom. The largest absolute Gasteiger partial charge is 0.423 e. The molecule has 0 aliphatic carbocycles. The molecule has 4 aromatic rings. The summed E-state index contributed by atoms with van der Waals surface area (Å²) in [7, 11) is 0. The van der Waals surface area contributed by atoms with Crippen molar-refractivity contribution in [2.45, 2.75) is 4.90 Å². The molecule has 0 bridgehead atoms. The first-order valence-electron chi connectivity index (χ1n) is 8.03. The summed E-state index contributed by atoms with van der Waals surface area (Å²) in [6.45, 7) is 0. The molecule has 4 nitrogen and oxygen atoms in total. The second kappa shape index (κ2) is 6.98. The van der Waals surface area contributed by atoms with Gasteiger partial charge in [0.25, 0.3) is 0 Å². The van der Waals surface area contributed by atoms with Gasteiger partial charge in [-0.25, -0.2) is 9.78 Å². The van der Waals surface area contributed by atoms with Crippen LogP contribution in [-0.4, -0.2) is 15.9 Å². The molecule has 0 N–H and O–H groups in total. The van der Waals surface area contributed by atoms with Crippen molar-refractivity contribution in [3.63, 3.8) is 0 Å². The van der Waals surface area contributed by atoms with Crippen LogP contribution in [0.15, 0.2) is 83.9 Å². The SMILES string of the molecule is O=C(Oc1ccc(S)cc1)c1cc(-c2ccccn2)nc2ccccc12. The number of hydrogen-bond donors (Lipinski definition) is 1. The van der Waals surface area contributed by atoms with Gasteiger partial charge in [-0.2, -0.15) is 0 Å². The third kappa shape index (κ3) is 3.30. The van der Waals surface area contributed by atoms with Gasteiger partial charge in [0.2, 0.25) is 0 Å². The van der Waals surface area contributed by atoms with E-state index in [1.807, 2.05) is 42.5 Å². The predicted molar refractivity (Wildman–Crippen MR) is 104 cm³/mol. The molecule has 0 saturated heterocycles. The van der Waals surface area contributed by atoms with Crippen molar-refractivity contribution in [2.75, 3.05) is 0 Å². The minimum atomic E-state index is -0.437. The van der Waals surface area contributed by atoms with Crippen LogP contribution in [0.3, 0.4) is 0 Å². The molecular formula is C21H14N2O2S. The first kappa shape index (κ1) is 16.3. The van der Waals surface area contributed by atoms with E-state index >= 15 is 0 Å². The molecule has 0 aliphatic heterocycles. The summed E-state index contributed by atoms with van der Waals surface area (Å²) >= 11 is 4.24. The second-order valence-corrected chi connectivity index (χ2v) is 6.19. The Bertz CT molecular complexity index is 1080. The summed E-state index contributed by atoms with van der Waals surface area (Å²) in [5, 5.41) is 0.739. The monoisotopic (exact) mass is 358 g/mol. The van der Waals surface area contributed by atoms with Crippen LogP contribution in [0.1, 0.15) is 10.4 Å². The fourth-order valence-corrected chi connectivity index (χ4v) is 2.82. The molecule has 5 heteroatoms. The van der Waals surface area contributed by atoms with Gasteiger partial charge in [0.1, 0.15) is 5.75 Å². The fourth-order valence-electron chi connectivity index (χ4n) is 2.67. The van der Waals surface area contributed by atoms with Crippen LogP contribution >= 0.6 is 12.6 Å². The first-order valence-corrected chi connectivity index (χ1v) is 8.48. The third-order valence-corrected chi connectivity index (χ3v) is 4.21. The number of pyridine rings is 2. The van der Waals surface area contributed by atoms with Gasteiger partial charge in [0.15, 0.2) is 0 Å². The van der Waals surface area contributed by atoms with E-state index in [9.17, 15) is 4.79 Å². The van der Waals surface area contributed by atoms with Crippen LogP contribution < -0.4 is 4.74 Å². The molecule has 0 spiro atoms. The molecule has 2 aromatic carbocycles. The van der Waals surface area contributed by atoms with Crippen molar-refractivity contribution in [3.05, 3.63) is 84.6 Å². The highest BCUT2D eigenvalue weighted by atomic mass is 32.1. The molecule has 0 aliphatic rings. The maximum Gasteiger partial charge on any atom is 0.344 e. The number of aromatic nitrogens is 2. The van der Waals surface area contributed by atoms with Gasteiger partial charge in [-0.05, 0) is 48.5 Å². The van der Waals surface area contributed by atoms with Gasteiger partial charge < -0.3 is 4.74 Å². The zero-order chi connectivity index (χ0) is 17.9. The summed E-state index contributed by atoms with van der Waals surface area (Å²) in [6, 6.07) is 21.8. The smallest absolute Gasteiger partial charge is 0.344 e. The zero-order valence-corrected chi connectivity index (χ0v) is 14.6. The summed E-state index contributed by atoms with van der Waals surface area (Å²) in [5.74, 6) is 0.0285. The van der Waals surface area contributed by atoms with Crippen molar-refractivity contribution < 1.29 is 9.53 Å². The minimum absolute atomic E-state index is 0.437. The van der Waals surface area contributed by atoms with Crippen LogP contribution in [0.2, 0.25) is 0 Å². The fraction of sp³-hybridized carbons (Fsp3) is 0. The standard InChI is InChI=1S/C21H14N2O2S/c24-21(25-14-8-10-15(26)11-9-14)17-13-20(19-7-3-4-12-22-19)23-18-6-2-1-5-16(17)18/h1-13,26H. The van der Waals surface area contributed by atoms with E-state index in [-0.39, 0.29) is 0 Å². The highest BCUT2D eigenvalue weighted by molar-refractivity contribution is 7.80. The van der Waals surface area contributed by atoms with Crippen LogP contribution in [0.5, 0.6) is 5.75 Å². The van der Waals surface area contributed by atoms with E-state index in [1.54, 1.807) is 36.5 Å². The average molecular weight is 358 g/mol. The molecule has 0 radical (unpaired) electrons. The minimum Gasteiger partial charge on any atom is -0.423 e. The van der Waals surface area contributed by atoms with Gasteiger partial charge in [0.05, 0.1) is 22.5 Å². The zero-order valence-electron chi connectivity index (χ0n) is 13.7. The highest BCUT2D eigenvalue weighted by Crippen LogP contribution is 2.25. The Balaban J connectivity index is 1.79. The molecule has 0 fully saturated rings. The summed E-state index contributed by atoms with van der Waals surface area (Å²) in [5.41, 5.74) is 2.49. The lowest BCUT2D eigenvalue weighted by molar-refractivity contribution is 0.0736. The Labute approximate surface area is 155 Å². The number of para-hydroxylation sites is 1. The second-order valence-electron chi connectivity index (χ2n) is 5.67. The molecule has 26 heavy (non-hydrogen) atoms.